The fourth-order valence-corrected chi connectivity index (χ4v) is 2.56. The molecule has 1 aromatic carbocycles. The van der Waals surface area contributed by atoms with E-state index in [-0.39, 0.29) is 6.61 Å². The number of rotatable bonds is 4. The Labute approximate surface area is 101 Å². The lowest BCUT2D eigenvalue weighted by atomic mass is 10.1. The van der Waals surface area contributed by atoms with Crippen LogP contribution in [0.4, 0.5) is 0 Å². The van der Waals surface area contributed by atoms with Gasteiger partial charge >= 0.3 is 0 Å². The van der Waals surface area contributed by atoms with E-state index >= 15 is 0 Å². The van der Waals surface area contributed by atoms with Gasteiger partial charge in [-0.2, -0.15) is 0 Å². The minimum absolute atomic E-state index is 0.151. The lowest BCUT2D eigenvalue weighted by molar-refractivity contribution is 0.298. The van der Waals surface area contributed by atoms with E-state index in [2.05, 4.69) is 35.6 Å². The molecule has 1 rings (SSSR count). The molecule has 0 amide bonds. The Morgan fingerprint density at radius 2 is 2.00 bits per heavy atom. The molecule has 0 aliphatic carbocycles. The summed E-state index contributed by atoms with van der Waals surface area (Å²) >= 11 is 3.42. The second-order valence-electron chi connectivity index (χ2n) is 4.44. The molecule has 0 atom stereocenters. The van der Waals surface area contributed by atoms with Crippen LogP contribution >= 0.6 is 15.9 Å². The molecule has 0 heterocycles. The number of hydrogen-bond donors (Lipinski definition) is 1. The highest BCUT2D eigenvalue weighted by Crippen LogP contribution is 2.25. The number of hydrogen-bond acceptors (Lipinski definition) is 2. The molecule has 2 nitrogen and oxygen atoms in total. The molecular formula is C11H17BrO2Si. The Morgan fingerprint density at radius 1 is 1.33 bits per heavy atom. The number of aliphatic hydroxyl groups excluding tert-OH is 1. The van der Waals surface area contributed by atoms with Crippen molar-refractivity contribution in [3.05, 3.63) is 28.2 Å². The SMILES string of the molecule is C[Si](C)(C)Oc1ccc(Br)cc1CCO. The Bertz CT molecular complexity index is 334. The van der Waals surface area contributed by atoms with Crippen LogP contribution in [0, 0.1) is 0 Å². The van der Waals surface area contributed by atoms with Gasteiger partial charge in [-0.05, 0) is 49.8 Å². The molecule has 0 fully saturated rings. The molecule has 4 heteroatoms. The van der Waals surface area contributed by atoms with Crippen LogP contribution in [0.25, 0.3) is 0 Å². The van der Waals surface area contributed by atoms with E-state index < -0.39 is 8.32 Å². The summed E-state index contributed by atoms with van der Waals surface area (Å²) in [5.74, 6) is 0.909. The van der Waals surface area contributed by atoms with E-state index in [0.29, 0.717) is 6.42 Å². The zero-order valence-corrected chi connectivity index (χ0v) is 12.0. The number of benzene rings is 1. The van der Waals surface area contributed by atoms with Crippen LogP contribution in [-0.2, 0) is 6.42 Å². The van der Waals surface area contributed by atoms with Crippen molar-refractivity contribution in [2.45, 2.75) is 26.1 Å². The normalized spacial score (nSPS) is 11.5. The van der Waals surface area contributed by atoms with Crippen LogP contribution in [0.15, 0.2) is 22.7 Å². The van der Waals surface area contributed by atoms with E-state index in [4.69, 9.17) is 9.53 Å². The average Bonchev–Trinajstić information content (AvgIpc) is 2.08. The maximum Gasteiger partial charge on any atom is 0.242 e. The molecule has 84 valence electrons. The first-order chi connectivity index (χ1) is 6.92. The fraction of sp³-hybridized carbons (Fsp3) is 0.455. The quantitative estimate of drug-likeness (QED) is 0.863. The van der Waals surface area contributed by atoms with Crippen molar-refractivity contribution in [3.63, 3.8) is 0 Å². The van der Waals surface area contributed by atoms with Crippen molar-refractivity contribution in [2.75, 3.05) is 6.61 Å². The van der Waals surface area contributed by atoms with Gasteiger partial charge in [0.05, 0.1) is 0 Å². The Morgan fingerprint density at radius 3 is 2.53 bits per heavy atom. The van der Waals surface area contributed by atoms with Gasteiger partial charge in [0.1, 0.15) is 5.75 Å². The average molecular weight is 289 g/mol. The second-order valence-corrected chi connectivity index (χ2v) is 9.78. The number of aliphatic hydroxyl groups is 1. The third-order valence-corrected chi connectivity index (χ3v) is 3.15. The molecule has 0 saturated carbocycles. The van der Waals surface area contributed by atoms with Gasteiger partial charge in [0, 0.05) is 11.1 Å². The molecule has 0 aromatic heterocycles. The highest BCUT2D eigenvalue weighted by atomic mass is 79.9. The predicted molar refractivity (Wildman–Crippen MR) is 68.9 cm³/mol. The van der Waals surface area contributed by atoms with Crippen LogP contribution in [-0.4, -0.2) is 20.0 Å². The largest absolute Gasteiger partial charge is 0.544 e. The molecule has 0 saturated heterocycles. The number of halogens is 1. The fourth-order valence-electron chi connectivity index (χ4n) is 1.29. The summed E-state index contributed by atoms with van der Waals surface area (Å²) in [5.41, 5.74) is 1.06. The Kier molecular flexibility index (Phi) is 4.37. The summed E-state index contributed by atoms with van der Waals surface area (Å²) in [6.07, 6.45) is 0.638. The van der Waals surface area contributed by atoms with Crippen LogP contribution < -0.4 is 4.43 Å². The minimum Gasteiger partial charge on any atom is -0.544 e. The summed E-state index contributed by atoms with van der Waals surface area (Å²) in [7, 11) is -1.57. The van der Waals surface area contributed by atoms with Crippen molar-refractivity contribution < 1.29 is 9.53 Å². The smallest absolute Gasteiger partial charge is 0.242 e. The van der Waals surface area contributed by atoms with Gasteiger partial charge in [-0.1, -0.05) is 15.9 Å². The topological polar surface area (TPSA) is 29.5 Å². The van der Waals surface area contributed by atoms with Gasteiger partial charge in [-0.25, -0.2) is 0 Å². The van der Waals surface area contributed by atoms with Crippen LogP contribution in [0.5, 0.6) is 5.75 Å². The summed E-state index contributed by atoms with van der Waals surface area (Å²) in [4.78, 5) is 0. The Hall–Kier alpha value is -0.323. The standard InChI is InChI=1S/C11H17BrO2Si/c1-15(2,3)14-11-5-4-10(12)8-9(11)6-7-13/h4-5,8,13H,6-7H2,1-3H3. The zero-order chi connectivity index (χ0) is 11.5. The van der Waals surface area contributed by atoms with E-state index in [1.54, 1.807) is 0 Å². The summed E-state index contributed by atoms with van der Waals surface area (Å²) in [5, 5.41) is 8.97. The van der Waals surface area contributed by atoms with Crippen molar-refractivity contribution in [3.8, 4) is 5.75 Å². The highest BCUT2D eigenvalue weighted by molar-refractivity contribution is 9.10. The lowest BCUT2D eigenvalue weighted by Crippen LogP contribution is -2.29. The molecule has 1 N–H and O–H groups in total. The highest BCUT2D eigenvalue weighted by Gasteiger charge is 2.18. The molecule has 1 aromatic rings. The monoisotopic (exact) mass is 288 g/mol. The Balaban J connectivity index is 2.95. The van der Waals surface area contributed by atoms with Gasteiger partial charge < -0.3 is 9.53 Å². The van der Waals surface area contributed by atoms with Crippen LogP contribution in [0.3, 0.4) is 0 Å². The van der Waals surface area contributed by atoms with Crippen molar-refractivity contribution >= 4 is 24.2 Å². The molecule has 0 bridgehead atoms. The van der Waals surface area contributed by atoms with E-state index in [1.165, 1.54) is 0 Å². The third-order valence-electron chi connectivity index (χ3n) is 1.82. The van der Waals surface area contributed by atoms with Crippen molar-refractivity contribution in [1.82, 2.24) is 0 Å². The summed E-state index contributed by atoms with van der Waals surface area (Å²) in [6, 6.07) is 5.94. The second kappa shape index (κ2) is 5.14. The maximum atomic E-state index is 8.97. The van der Waals surface area contributed by atoms with Gasteiger partial charge in [-0.3, -0.25) is 0 Å². The van der Waals surface area contributed by atoms with Gasteiger partial charge in [0.25, 0.3) is 0 Å². The molecular weight excluding hydrogens is 272 g/mol. The zero-order valence-electron chi connectivity index (χ0n) is 9.38. The summed E-state index contributed by atoms with van der Waals surface area (Å²) < 4.78 is 6.97. The van der Waals surface area contributed by atoms with Crippen molar-refractivity contribution in [1.29, 1.82) is 0 Å². The first-order valence-electron chi connectivity index (χ1n) is 5.01. The van der Waals surface area contributed by atoms with Crippen molar-refractivity contribution in [2.24, 2.45) is 0 Å². The first-order valence-corrected chi connectivity index (χ1v) is 9.21. The first kappa shape index (κ1) is 12.7. The molecule has 0 unspecified atom stereocenters. The van der Waals surface area contributed by atoms with Gasteiger partial charge in [0.2, 0.25) is 8.32 Å². The molecule has 0 aliphatic rings. The lowest BCUT2D eigenvalue weighted by Gasteiger charge is -2.21. The van der Waals surface area contributed by atoms with Crippen LogP contribution in [0.2, 0.25) is 19.6 Å². The van der Waals surface area contributed by atoms with Gasteiger partial charge in [0.15, 0.2) is 0 Å². The van der Waals surface area contributed by atoms with Gasteiger partial charge in [-0.15, -0.1) is 0 Å². The molecule has 0 spiro atoms. The molecule has 15 heavy (non-hydrogen) atoms. The molecule has 0 aliphatic heterocycles. The van der Waals surface area contributed by atoms with E-state index in [9.17, 15) is 0 Å². The predicted octanol–water partition coefficient (Wildman–Crippen LogP) is 3.20. The summed E-state index contributed by atoms with van der Waals surface area (Å²) in [6.45, 7) is 6.60. The third kappa shape index (κ3) is 4.36. The van der Waals surface area contributed by atoms with E-state index in [1.807, 2.05) is 18.2 Å². The van der Waals surface area contributed by atoms with Crippen LogP contribution in [0.1, 0.15) is 5.56 Å². The molecule has 0 radical (unpaired) electrons. The van der Waals surface area contributed by atoms with E-state index in [0.717, 1.165) is 15.8 Å². The minimum atomic E-state index is -1.57. The maximum absolute atomic E-state index is 8.97.